The molecule has 1 aliphatic carbocycles. The normalized spacial score (nSPS) is 23.1. The Kier molecular flexibility index (Phi) is 4.59. The standard InChI is InChI=1S/C16H24N2O/c1-11-7-8-15(12(2)9-11)18-16(19)14-6-4-3-5-13(14)10-17/h7-9,13-14H,3-6,10,17H2,1-2H3,(H,18,19). The predicted molar refractivity (Wildman–Crippen MR) is 79.0 cm³/mol. The van der Waals surface area contributed by atoms with E-state index in [9.17, 15) is 4.79 Å². The number of hydrogen-bond donors (Lipinski definition) is 2. The van der Waals surface area contributed by atoms with Gasteiger partial charge in [-0.15, -0.1) is 0 Å². The number of benzene rings is 1. The third kappa shape index (κ3) is 3.35. The fourth-order valence-corrected chi connectivity index (χ4v) is 3.01. The summed E-state index contributed by atoms with van der Waals surface area (Å²) in [4.78, 5) is 12.4. The molecule has 2 unspecified atom stereocenters. The van der Waals surface area contributed by atoms with E-state index >= 15 is 0 Å². The molecule has 3 heteroatoms. The summed E-state index contributed by atoms with van der Waals surface area (Å²) in [5.41, 5.74) is 9.06. The number of nitrogens with one attached hydrogen (secondary N) is 1. The van der Waals surface area contributed by atoms with E-state index in [4.69, 9.17) is 5.73 Å². The molecular weight excluding hydrogens is 236 g/mol. The van der Waals surface area contributed by atoms with E-state index in [-0.39, 0.29) is 11.8 Å². The Balaban J connectivity index is 2.07. The first-order valence-electron chi connectivity index (χ1n) is 7.20. The predicted octanol–water partition coefficient (Wildman–Crippen LogP) is 3.01. The molecule has 104 valence electrons. The Labute approximate surface area is 115 Å². The Hall–Kier alpha value is -1.35. The highest BCUT2D eigenvalue weighted by Gasteiger charge is 2.29. The van der Waals surface area contributed by atoms with Crippen molar-refractivity contribution in [2.24, 2.45) is 17.6 Å². The van der Waals surface area contributed by atoms with Gasteiger partial charge in [0.15, 0.2) is 0 Å². The number of carbonyl (C=O) groups is 1. The van der Waals surface area contributed by atoms with Crippen LogP contribution in [0.15, 0.2) is 18.2 Å². The van der Waals surface area contributed by atoms with E-state index in [1.165, 1.54) is 12.0 Å². The monoisotopic (exact) mass is 260 g/mol. The number of amides is 1. The van der Waals surface area contributed by atoms with Crippen molar-refractivity contribution in [1.29, 1.82) is 0 Å². The average molecular weight is 260 g/mol. The smallest absolute Gasteiger partial charge is 0.227 e. The molecule has 1 saturated carbocycles. The Morgan fingerprint density at radius 1 is 1.32 bits per heavy atom. The van der Waals surface area contributed by atoms with Gasteiger partial charge in [0.1, 0.15) is 0 Å². The second-order valence-electron chi connectivity index (χ2n) is 5.69. The third-order valence-electron chi connectivity index (χ3n) is 4.19. The topological polar surface area (TPSA) is 55.1 Å². The first-order chi connectivity index (χ1) is 9.11. The van der Waals surface area contributed by atoms with Gasteiger partial charge in [0.2, 0.25) is 5.91 Å². The van der Waals surface area contributed by atoms with E-state index in [0.29, 0.717) is 12.5 Å². The molecular formula is C16H24N2O. The van der Waals surface area contributed by atoms with E-state index in [0.717, 1.165) is 30.5 Å². The van der Waals surface area contributed by atoms with Crippen molar-refractivity contribution in [2.45, 2.75) is 39.5 Å². The summed E-state index contributed by atoms with van der Waals surface area (Å²) in [6.45, 7) is 4.71. The van der Waals surface area contributed by atoms with Crippen LogP contribution in [0.2, 0.25) is 0 Å². The molecule has 0 saturated heterocycles. The van der Waals surface area contributed by atoms with Crippen molar-refractivity contribution in [3.63, 3.8) is 0 Å². The Morgan fingerprint density at radius 2 is 2.05 bits per heavy atom. The summed E-state index contributed by atoms with van der Waals surface area (Å²) in [6.07, 6.45) is 4.40. The second kappa shape index (κ2) is 6.20. The number of rotatable bonds is 3. The van der Waals surface area contributed by atoms with Gasteiger partial charge < -0.3 is 11.1 Å². The quantitative estimate of drug-likeness (QED) is 0.877. The van der Waals surface area contributed by atoms with Crippen LogP contribution in [-0.4, -0.2) is 12.5 Å². The lowest BCUT2D eigenvalue weighted by Gasteiger charge is -2.29. The van der Waals surface area contributed by atoms with Crippen molar-refractivity contribution < 1.29 is 4.79 Å². The zero-order valence-corrected chi connectivity index (χ0v) is 11.9. The molecule has 0 radical (unpaired) electrons. The van der Waals surface area contributed by atoms with Crippen molar-refractivity contribution in [2.75, 3.05) is 11.9 Å². The van der Waals surface area contributed by atoms with Crippen LogP contribution in [0.3, 0.4) is 0 Å². The Bertz CT molecular complexity index is 456. The van der Waals surface area contributed by atoms with Crippen LogP contribution < -0.4 is 11.1 Å². The van der Waals surface area contributed by atoms with Crippen molar-refractivity contribution in [1.82, 2.24) is 0 Å². The summed E-state index contributed by atoms with van der Waals surface area (Å²) >= 11 is 0. The molecule has 0 spiro atoms. The maximum atomic E-state index is 12.4. The molecule has 3 N–H and O–H groups in total. The highest BCUT2D eigenvalue weighted by molar-refractivity contribution is 5.93. The van der Waals surface area contributed by atoms with Gasteiger partial charge in [0, 0.05) is 11.6 Å². The zero-order chi connectivity index (χ0) is 13.8. The molecule has 2 atom stereocenters. The number of anilines is 1. The summed E-state index contributed by atoms with van der Waals surface area (Å²) in [5, 5.41) is 3.08. The first-order valence-corrected chi connectivity index (χ1v) is 7.20. The van der Waals surface area contributed by atoms with Crippen LogP contribution in [0.5, 0.6) is 0 Å². The lowest BCUT2D eigenvalue weighted by atomic mass is 9.78. The first kappa shape index (κ1) is 14.1. The molecule has 1 amide bonds. The summed E-state index contributed by atoms with van der Waals surface area (Å²) < 4.78 is 0. The van der Waals surface area contributed by atoms with Crippen LogP contribution in [-0.2, 0) is 4.79 Å². The average Bonchev–Trinajstić information content (AvgIpc) is 2.41. The molecule has 19 heavy (non-hydrogen) atoms. The molecule has 0 bridgehead atoms. The van der Waals surface area contributed by atoms with Crippen LogP contribution in [0.25, 0.3) is 0 Å². The van der Waals surface area contributed by atoms with E-state index in [2.05, 4.69) is 18.3 Å². The van der Waals surface area contributed by atoms with E-state index < -0.39 is 0 Å². The van der Waals surface area contributed by atoms with Crippen molar-refractivity contribution >= 4 is 11.6 Å². The molecule has 3 nitrogen and oxygen atoms in total. The lowest BCUT2D eigenvalue weighted by molar-refractivity contribution is -0.122. The van der Waals surface area contributed by atoms with Gasteiger partial charge in [0.05, 0.1) is 0 Å². The molecule has 1 aliphatic rings. The lowest BCUT2D eigenvalue weighted by Crippen LogP contribution is -2.35. The Morgan fingerprint density at radius 3 is 2.74 bits per heavy atom. The molecule has 0 aliphatic heterocycles. The fourth-order valence-electron chi connectivity index (χ4n) is 3.01. The second-order valence-corrected chi connectivity index (χ2v) is 5.69. The molecule has 1 fully saturated rings. The van der Waals surface area contributed by atoms with Crippen LogP contribution in [0.1, 0.15) is 36.8 Å². The fraction of sp³-hybridized carbons (Fsp3) is 0.562. The minimum atomic E-state index is 0.0828. The zero-order valence-electron chi connectivity index (χ0n) is 11.9. The number of aryl methyl sites for hydroxylation is 2. The van der Waals surface area contributed by atoms with Gasteiger partial charge >= 0.3 is 0 Å². The van der Waals surface area contributed by atoms with Crippen molar-refractivity contribution in [3.8, 4) is 0 Å². The molecule has 0 aromatic heterocycles. The van der Waals surface area contributed by atoms with Crippen LogP contribution in [0, 0.1) is 25.7 Å². The van der Waals surface area contributed by atoms with Crippen molar-refractivity contribution in [3.05, 3.63) is 29.3 Å². The number of hydrogen-bond acceptors (Lipinski definition) is 2. The van der Waals surface area contributed by atoms with E-state index in [1.54, 1.807) is 0 Å². The summed E-state index contributed by atoms with van der Waals surface area (Å²) in [5.74, 6) is 0.570. The van der Waals surface area contributed by atoms with Gasteiger partial charge in [-0.25, -0.2) is 0 Å². The van der Waals surface area contributed by atoms with Gasteiger partial charge in [-0.1, -0.05) is 30.5 Å². The van der Waals surface area contributed by atoms with Gasteiger partial charge in [-0.05, 0) is 50.8 Å². The number of nitrogens with two attached hydrogens (primary N) is 1. The van der Waals surface area contributed by atoms with Crippen LogP contribution in [0.4, 0.5) is 5.69 Å². The minimum absolute atomic E-state index is 0.0828. The van der Waals surface area contributed by atoms with Crippen LogP contribution >= 0.6 is 0 Å². The molecule has 0 heterocycles. The summed E-state index contributed by atoms with van der Waals surface area (Å²) in [6, 6.07) is 6.11. The maximum absolute atomic E-state index is 12.4. The van der Waals surface area contributed by atoms with Gasteiger partial charge in [-0.3, -0.25) is 4.79 Å². The molecule has 2 rings (SSSR count). The highest BCUT2D eigenvalue weighted by atomic mass is 16.1. The third-order valence-corrected chi connectivity index (χ3v) is 4.19. The largest absolute Gasteiger partial charge is 0.330 e. The maximum Gasteiger partial charge on any atom is 0.227 e. The number of carbonyl (C=O) groups excluding carboxylic acids is 1. The van der Waals surface area contributed by atoms with Gasteiger partial charge in [-0.2, -0.15) is 0 Å². The SMILES string of the molecule is Cc1ccc(NC(=O)C2CCCCC2CN)c(C)c1. The summed E-state index contributed by atoms with van der Waals surface area (Å²) in [7, 11) is 0. The molecule has 1 aromatic carbocycles. The van der Waals surface area contributed by atoms with E-state index in [1.807, 2.05) is 19.1 Å². The highest BCUT2D eigenvalue weighted by Crippen LogP contribution is 2.30. The minimum Gasteiger partial charge on any atom is -0.330 e. The molecule has 1 aromatic rings. The van der Waals surface area contributed by atoms with Gasteiger partial charge in [0.25, 0.3) is 0 Å².